The molecule has 0 aliphatic carbocycles. The van der Waals surface area contributed by atoms with Crippen LogP contribution in [0.15, 0.2) is 54.9 Å². The third-order valence-electron chi connectivity index (χ3n) is 6.14. The second-order valence-corrected chi connectivity index (χ2v) is 10.3. The number of fused-ring (bicyclic) bond motifs is 3. The van der Waals surface area contributed by atoms with Gasteiger partial charge in [-0.25, -0.2) is 4.79 Å². The molecular formula is C29H34N4O3. The minimum absolute atomic E-state index is 0.0340. The van der Waals surface area contributed by atoms with E-state index in [4.69, 9.17) is 4.74 Å². The molecule has 0 atom stereocenters. The van der Waals surface area contributed by atoms with E-state index in [-0.39, 0.29) is 11.9 Å². The Bertz CT molecular complexity index is 1360. The summed E-state index contributed by atoms with van der Waals surface area (Å²) in [5, 5.41) is 4.52. The molecule has 0 spiro atoms. The predicted molar refractivity (Wildman–Crippen MR) is 144 cm³/mol. The summed E-state index contributed by atoms with van der Waals surface area (Å²) in [6.45, 7) is 10.3. The number of nitrogens with one attached hydrogen (secondary N) is 1. The number of nitrogens with zero attached hydrogens (tertiary/aromatic N) is 3. The van der Waals surface area contributed by atoms with E-state index in [0.717, 1.165) is 40.1 Å². The molecule has 0 bridgehead atoms. The Morgan fingerprint density at radius 1 is 1.17 bits per heavy atom. The maximum absolute atomic E-state index is 12.6. The van der Waals surface area contributed by atoms with E-state index in [0.29, 0.717) is 13.1 Å². The van der Waals surface area contributed by atoms with Gasteiger partial charge in [0.15, 0.2) is 5.78 Å². The standard InChI is InChI=1S/C29H34N4O3/c1-19-7-10-25(31-17-19)21(15-20(2)34)11-13-30-22-8-9-23-24-12-14-33(28(35)36-29(3,4)5)18-27(24)32(6)26(23)16-22/h7-11,13,15-17,30H,12,14,18H2,1-6H3/b13-11-,21-15+. The molecule has 36 heavy (non-hydrogen) atoms. The molecule has 1 amide bonds. The molecule has 1 aliphatic rings. The number of amides is 1. The number of hydrogen-bond acceptors (Lipinski definition) is 5. The predicted octanol–water partition coefficient (Wildman–Crippen LogP) is 5.77. The van der Waals surface area contributed by atoms with Crippen molar-refractivity contribution in [3.05, 3.63) is 77.4 Å². The number of benzene rings is 1. The van der Waals surface area contributed by atoms with Gasteiger partial charge in [-0.05, 0) is 82.5 Å². The number of ether oxygens (including phenoxy) is 1. The molecule has 0 saturated carbocycles. The number of rotatable bonds is 5. The van der Waals surface area contributed by atoms with Crippen molar-refractivity contribution in [2.24, 2.45) is 7.05 Å². The van der Waals surface area contributed by atoms with Crippen LogP contribution in [0.25, 0.3) is 16.5 Å². The minimum Gasteiger partial charge on any atom is -0.444 e. The zero-order valence-corrected chi connectivity index (χ0v) is 21.9. The molecule has 0 unspecified atom stereocenters. The summed E-state index contributed by atoms with van der Waals surface area (Å²) >= 11 is 0. The number of hydrogen-bond donors (Lipinski definition) is 1. The summed E-state index contributed by atoms with van der Waals surface area (Å²) in [5.41, 5.74) is 6.49. The average molecular weight is 487 g/mol. The van der Waals surface area contributed by atoms with Gasteiger partial charge in [0.25, 0.3) is 0 Å². The van der Waals surface area contributed by atoms with Gasteiger partial charge in [0.2, 0.25) is 0 Å². The molecule has 0 saturated heterocycles. The molecule has 0 fully saturated rings. The smallest absolute Gasteiger partial charge is 0.410 e. The van der Waals surface area contributed by atoms with Crippen LogP contribution in [-0.2, 0) is 29.5 Å². The highest BCUT2D eigenvalue weighted by Crippen LogP contribution is 2.32. The Labute approximate surface area is 212 Å². The third-order valence-corrected chi connectivity index (χ3v) is 6.14. The average Bonchev–Trinajstić information content (AvgIpc) is 3.08. The Kier molecular flexibility index (Phi) is 7.02. The lowest BCUT2D eigenvalue weighted by Crippen LogP contribution is -2.40. The summed E-state index contributed by atoms with van der Waals surface area (Å²) in [7, 11) is 2.04. The number of anilines is 1. The highest BCUT2D eigenvalue weighted by Gasteiger charge is 2.28. The van der Waals surface area contributed by atoms with Gasteiger partial charge < -0.3 is 19.5 Å². The van der Waals surface area contributed by atoms with Crippen LogP contribution in [0.4, 0.5) is 10.5 Å². The van der Waals surface area contributed by atoms with E-state index in [2.05, 4.69) is 27.0 Å². The molecule has 1 aromatic carbocycles. The van der Waals surface area contributed by atoms with Gasteiger partial charge in [-0.15, -0.1) is 0 Å². The first kappa shape index (κ1) is 25.2. The highest BCUT2D eigenvalue weighted by atomic mass is 16.6. The first-order valence-electron chi connectivity index (χ1n) is 12.2. The van der Waals surface area contributed by atoms with Crippen LogP contribution in [0, 0.1) is 6.92 Å². The lowest BCUT2D eigenvalue weighted by Gasteiger charge is -2.30. The number of aromatic nitrogens is 2. The van der Waals surface area contributed by atoms with Gasteiger partial charge in [0, 0.05) is 48.3 Å². The number of aryl methyl sites for hydroxylation is 2. The lowest BCUT2D eigenvalue weighted by atomic mass is 10.0. The van der Waals surface area contributed by atoms with Gasteiger partial charge in [-0.3, -0.25) is 9.78 Å². The summed E-state index contributed by atoms with van der Waals surface area (Å²) in [6, 6.07) is 10.2. The van der Waals surface area contributed by atoms with E-state index in [1.165, 1.54) is 17.9 Å². The number of carbonyl (C=O) groups excluding carboxylic acids is 2. The summed E-state index contributed by atoms with van der Waals surface area (Å²) < 4.78 is 7.74. The van der Waals surface area contributed by atoms with Crippen LogP contribution in [0.3, 0.4) is 0 Å². The van der Waals surface area contributed by atoms with Crippen LogP contribution in [0.2, 0.25) is 0 Å². The third kappa shape index (κ3) is 5.67. The summed E-state index contributed by atoms with van der Waals surface area (Å²) in [4.78, 5) is 30.6. The molecule has 7 nitrogen and oxygen atoms in total. The molecule has 1 aliphatic heterocycles. The van der Waals surface area contributed by atoms with Gasteiger partial charge in [0.1, 0.15) is 5.60 Å². The Balaban J connectivity index is 1.54. The van der Waals surface area contributed by atoms with Crippen molar-refractivity contribution in [3.8, 4) is 0 Å². The molecule has 188 valence electrons. The van der Waals surface area contributed by atoms with Crippen molar-refractivity contribution in [2.45, 2.75) is 53.2 Å². The molecule has 3 heterocycles. The maximum Gasteiger partial charge on any atom is 0.410 e. The van der Waals surface area contributed by atoms with Crippen molar-refractivity contribution in [1.82, 2.24) is 14.5 Å². The Morgan fingerprint density at radius 3 is 2.61 bits per heavy atom. The van der Waals surface area contributed by atoms with Crippen LogP contribution < -0.4 is 5.32 Å². The topological polar surface area (TPSA) is 76.5 Å². The molecular weight excluding hydrogens is 452 g/mol. The monoisotopic (exact) mass is 486 g/mol. The van der Waals surface area contributed by atoms with Crippen LogP contribution in [0.5, 0.6) is 0 Å². The fraction of sp³-hybridized carbons (Fsp3) is 0.345. The van der Waals surface area contributed by atoms with Crippen LogP contribution in [-0.4, -0.2) is 38.5 Å². The molecule has 2 aromatic heterocycles. The number of ketones is 1. The first-order chi connectivity index (χ1) is 17.0. The van der Waals surface area contributed by atoms with Gasteiger partial charge in [-0.2, -0.15) is 0 Å². The largest absolute Gasteiger partial charge is 0.444 e. The number of pyridine rings is 1. The molecule has 7 heteroatoms. The van der Waals surface area contributed by atoms with E-state index < -0.39 is 5.60 Å². The second kappa shape index (κ2) is 10.0. The zero-order chi connectivity index (χ0) is 26.0. The van der Waals surface area contributed by atoms with Crippen molar-refractivity contribution >= 4 is 34.0 Å². The minimum atomic E-state index is -0.515. The van der Waals surface area contributed by atoms with Crippen molar-refractivity contribution in [3.63, 3.8) is 0 Å². The van der Waals surface area contributed by atoms with Crippen LogP contribution in [0.1, 0.15) is 50.2 Å². The lowest BCUT2D eigenvalue weighted by molar-refractivity contribution is -0.112. The van der Waals surface area contributed by atoms with Crippen molar-refractivity contribution in [2.75, 3.05) is 11.9 Å². The molecule has 0 radical (unpaired) electrons. The van der Waals surface area contributed by atoms with E-state index in [9.17, 15) is 9.59 Å². The van der Waals surface area contributed by atoms with Gasteiger partial charge >= 0.3 is 6.09 Å². The van der Waals surface area contributed by atoms with Gasteiger partial charge in [-0.1, -0.05) is 12.1 Å². The molecule has 4 rings (SSSR count). The van der Waals surface area contributed by atoms with E-state index in [1.807, 2.05) is 65.2 Å². The van der Waals surface area contributed by atoms with Gasteiger partial charge in [0.05, 0.1) is 17.8 Å². The Morgan fingerprint density at radius 2 is 1.94 bits per heavy atom. The fourth-order valence-electron chi connectivity index (χ4n) is 4.42. The molecule has 3 aromatic rings. The number of allylic oxidation sites excluding steroid dienone is 3. The number of carbonyl (C=O) groups is 2. The fourth-order valence-corrected chi connectivity index (χ4v) is 4.42. The zero-order valence-electron chi connectivity index (χ0n) is 21.9. The normalized spacial score (nSPS) is 14.3. The van der Waals surface area contributed by atoms with E-state index >= 15 is 0 Å². The van der Waals surface area contributed by atoms with E-state index in [1.54, 1.807) is 17.2 Å². The highest BCUT2D eigenvalue weighted by molar-refractivity contribution is 5.97. The molecule has 1 N–H and O–H groups in total. The quantitative estimate of drug-likeness (QED) is 0.366. The second-order valence-electron chi connectivity index (χ2n) is 10.3. The summed E-state index contributed by atoms with van der Waals surface area (Å²) in [5.74, 6) is -0.0340. The summed E-state index contributed by atoms with van der Waals surface area (Å²) in [6.07, 6.45) is 7.58. The van der Waals surface area contributed by atoms with Crippen LogP contribution >= 0.6 is 0 Å². The first-order valence-corrected chi connectivity index (χ1v) is 12.2. The Hall–Kier alpha value is -3.87. The SMILES string of the molecule is CC(=O)/C=C(\C=C/Nc1ccc2c3c(n(C)c2c1)CN(C(=O)OC(C)(C)C)CC3)c1ccc(C)cn1. The van der Waals surface area contributed by atoms with Crippen molar-refractivity contribution in [1.29, 1.82) is 0 Å². The van der Waals surface area contributed by atoms with Crippen molar-refractivity contribution < 1.29 is 14.3 Å². The maximum atomic E-state index is 12.6.